The molecule has 0 saturated carbocycles. The number of nitrogen functional groups attached to an aromatic ring is 1. The molecule has 1 aromatic heterocycles. The number of benzene rings is 1. The van der Waals surface area contributed by atoms with E-state index in [1.807, 2.05) is 0 Å². The normalized spacial score (nSPS) is 10.3. The van der Waals surface area contributed by atoms with Crippen molar-refractivity contribution in [1.82, 2.24) is 4.98 Å². The summed E-state index contributed by atoms with van der Waals surface area (Å²) in [6.07, 6.45) is 1.62. The van der Waals surface area contributed by atoms with E-state index in [1.54, 1.807) is 24.4 Å². The molecule has 3 N–H and O–H groups in total. The number of rotatable bonds is 3. The van der Waals surface area contributed by atoms with E-state index in [2.05, 4.69) is 4.98 Å². The van der Waals surface area contributed by atoms with Crippen LogP contribution in [0.5, 0.6) is 0 Å². The first-order valence-corrected chi connectivity index (χ1v) is 6.19. The SMILES string of the molecule is N=C(N)c1cc(F)ccc1Sc1ncccc1Cl. The first-order valence-electron chi connectivity index (χ1n) is 5.00. The number of pyridine rings is 1. The molecule has 0 atom stereocenters. The number of nitrogens with zero attached hydrogens (tertiary/aromatic N) is 1. The van der Waals surface area contributed by atoms with Crippen molar-refractivity contribution in [3.05, 3.63) is 52.9 Å². The van der Waals surface area contributed by atoms with E-state index in [-0.39, 0.29) is 5.84 Å². The number of nitrogens with two attached hydrogens (primary N) is 1. The molecule has 2 aromatic rings. The zero-order valence-corrected chi connectivity index (χ0v) is 10.7. The Balaban J connectivity index is 2.41. The molecule has 3 nitrogen and oxygen atoms in total. The summed E-state index contributed by atoms with van der Waals surface area (Å²) in [5.41, 5.74) is 5.76. The maximum Gasteiger partial charge on any atom is 0.124 e. The number of aromatic nitrogens is 1. The van der Waals surface area contributed by atoms with Gasteiger partial charge in [-0.05, 0) is 30.3 Å². The van der Waals surface area contributed by atoms with Gasteiger partial charge in [0.2, 0.25) is 0 Å². The quantitative estimate of drug-likeness (QED) is 0.670. The first-order chi connectivity index (χ1) is 8.58. The second kappa shape index (κ2) is 5.37. The number of hydrogen-bond acceptors (Lipinski definition) is 3. The summed E-state index contributed by atoms with van der Waals surface area (Å²) < 4.78 is 13.1. The molecule has 0 bridgehead atoms. The molecular weight excluding hydrogens is 273 g/mol. The molecule has 0 aliphatic carbocycles. The molecule has 92 valence electrons. The molecule has 1 aromatic carbocycles. The monoisotopic (exact) mass is 281 g/mol. The third kappa shape index (κ3) is 2.80. The lowest BCUT2D eigenvalue weighted by Crippen LogP contribution is -2.12. The van der Waals surface area contributed by atoms with Gasteiger partial charge in [0.1, 0.15) is 16.7 Å². The fraction of sp³-hybridized carbons (Fsp3) is 0. The van der Waals surface area contributed by atoms with Crippen molar-refractivity contribution in [1.29, 1.82) is 5.41 Å². The van der Waals surface area contributed by atoms with E-state index in [4.69, 9.17) is 22.7 Å². The second-order valence-electron chi connectivity index (χ2n) is 3.45. The fourth-order valence-corrected chi connectivity index (χ4v) is 2.49. The first kappa shape index (κ1) is 12.9. The number of amidine groups is 1. The van der Waals surface area contributed by atoms with Crippen LogP contribution >= 0.6 is 23.4 Å². The molecule has 0 amide bonds. The van der Waals surface area contributed by atoms with Gasteiger partial charge in [-0.25, -0.2) is 9.37 Å². The molecule has 0 aliphatic rings. The summed E-state index contributed by atoms with van der Waals surface area (Å²) in [5, 5.41) is 8.53. The van der Waals surface area contributed by atoms with E-state index in [0.717, 1.165) is 0 Å². The summed E-state index contributed by atoms with van der Waals surface area (Å²) in [7, 11) is 0. The van der Waals surface area contributed by atoms with Crippen molar-refractivity contribution < 1.29 is 4.39 Å². The van der Waals surface area contributed by atoms with Gasteiger partial charge in [-0.3, -0.25) is 5.41 Å². The Labute approximate surface area is 113 Å². The van der Waals surface area contributed by atoms with E-state index in [0.29, 0.717) is 20.5 Å². The van der Waals surface area contributed by atoms with Gasteiger partial charge in [0, 0.05) is 16.7 Å². The van der Waals surface area contributed by atoms with Crippen molar-refractivity contribution in [2.75, 3.05) is 0 Å². The molecule has 2 rings (SSSR count). The third-order valence-electron chi connectivity index (χ3n) is 2.16. The van der Waals surface area contributed by atoms with Crippen molar-refractivity contribution in [3.63, 3.8) is 0 Å². The molecule has 1 heterocycles. The molecule has 18 heavy (non-hydrogen) atoms. The maximum atomic E-state index is 13.1. The molecule has 0 spiro atoms. The molecule has 0 saturated heterocycles. The zero-order chi connectivity index (χ0) is 13.1. The van der Waals surface area contributed by atoms with Crippen molar-refractivity contribution in [2.45, 2.75) is 9.92 Å². The van der Waals surface area contributed by atoms with Crippen LogP contribution in [-0.4, -0.2) is 10.8 Å². The van der Waals surface area contributed by atoms with Crippen molar-refractivity contribution in [3.8, 4) is 0 Å². The van der Waals surface area contributed by atoms with Crippen LogP contribution in [-0.2, 0) is 0 Å². The second-order valence-corrected chi connectivity index (χ2v) is 4.88. The highest BCUT2D eigenvalue weighted by molar-refractivity contribution is 7.99. The molecule has 0 fully saturated rings. The van der Waals surface area contributed by atoms with Crippen molar-refractivity contribution >= 4 is 29.2 Å². The van der Waals surface area contributed by atoms with Gasteiger partial charge in [0.05, 0.1) is 5.02 Å². The lowest BCUT2D eigenvalue weighted by molar-refractivity contribution is 0.626. The van der Waals surface area contributed by atoms with Gasteiger partial charge in [-0.1, -0.05) is 23.4 Å². The fourth-order valence-electron chi connectivity index (χ4n) is 1.35. The minimum Gasteiger partial charge on any atom is -0.384 e. The van der Waals surface area contributed by atoms with Crippen LogP contribution in [0.4, 0.5) is 4.39 Å². The minimum absolute atomic E-state index is 0.191. The Morgan fingerprint density at radius 3 is 2.83 bits per heavy atom. The molecule has 0 unspecified atom stereocenters. The van der Waals surface area contributed by atoms with Gasteiger partial charge in [0.15, 0.2) is 0 Å². The van der Waals surface area contributed by atoms with Crippen LogP contribution in [0.25, 0.3) is 0 Å². The smallest absolute Gasteiger partial charge is 0.124 e. The average molecular weight is 282 g/mol. The van der Waals surface area contributed by atoms with Gasteiger partial charge in [-0.15, -0.1) is 0 Å². The summed E-state index contributed by atoms with van der Waals surface area (Å²) in [6.45, 7) is 0. The Morgan fingerprint density at radius 1 is 1.39 bits per heavy atom. The lowest BCUT2D eigenvalue weighted by Gasteiger charge is -2.08. The number of halogens is 2. The maximum absolute atomic E-state index is 13.1. The van der Waals surface area contributed by atoms with Crippen LogP contribution < -0.4 is 5.73 Å². The molecule has 0 aliphatic heterocycles. The highest BCUT2D eigenvalue weighted by Gasteiger charge is 2.11. The summed E-state index contributed by atoms with van der Waals surface area (Å²) in [4.78, 5) is 4.77. The van der Waals surface area contributed by atoms with E-state index < -0.39 is 5.82 Å². The number of hydrogen-bond donors (Lipinski definition) is 2. The van der Waals surface area contributed by atoms with Crippen molar-refractivity contribution in [2.24, 2.45) is 5.73 Å². The van der Waals surface area contributed by atoms with E-state index in [9.17, 15) is 4.39 Å². The van der Waals surface area contributed by atoms with Gasteiger partial charge < -0.3 is 5.73 Å². The van der Waals surface area contributed by atoms with E-state index >= 15 is 0 Å². The Kier molecular flexibility index (Phi) is 3.84. The topological polar surface area (TPSA) is 62.8 Å². The van der Waals surface area contributed by atoms with Crippen LogP contribution in [0.2, 0.25) is 5.02 Å². The highest BCUT2D eigenvalue weighted by atomic mass is 35.5. The average Bonchev–Trinajstić information content (AvgIpc) is 2.34. The summed E-state index contributed by atoms with van der Waals surface area (Å²) in [6, 6.07) is 7.53. The standard InChI is InChI=1S/C12H9ClFN3S/c13-9-2-1-5-17-12(9)18-10-4-3-7(14)6-8(10)11(15)16/h1-6H,(H3,15,16). The highest BCUT2D eigenvalue weighted by Crippen LogP contribution is 2.33. The van der Waals surface area contributed by atoms with Crippen LogP contribution in [0, 0.1) is 11.2 Å². The summed E-state index contributed by atoms with van der Waals surface area (Å²) >= 11 is 7.24. The lowest BCUT2D eigenvalue weighted by atomic mass is 10.2. The molecule has 6 heteroatoms. The minimum atomic E-state index is -0.434. The third-order valence-corrected chi connectivity index (χ3v) is 3.67. The Hall–Kier alpha value is -1.59. The Bertz CT molecular complexity index is 604. The van der Waals surface area contributed by atoms with Crippen LogP contribution in [0.1, 0.15) is 5.56 Å². The molecular formula is C12H9ClFN3S. The van der Waals surface area contributed by atoms with E-state index in [1.165, 1.54) is 23.9 Å². The predicted molar refractivity (Wildman–Crippen MR) is 70.8 cm³/mol. The zero-order valence-electron chi connectivity index (χ0n) is 9.15. The van der Waals surface area contributed by atoms with Crippen LogP contribution in [0.3, 0.4) is 0 Å². The van der Waals surface area contributed by atoms with Crippen LogP contribution in [0.15, 0.2) is 46.5 Å². The molecule has 0 radical (unpaired) electrons. The summed E-state index contributed by atoms with van der Waals surface area (Å²) in [5.74, 6) is -0.624. The predicted octanol–water partition coefficient (Wildman–Crippen LogP) is 3.31. The van der Waals surface area contributed by atoms with Gasteiger partial charge in [0.25, 0.3) is 0 Å². The van der Waals surface area contributed by atoms with Gasteiger partial charge in [-0.2, -0.15) is 0 Å². The number of nitrogens with one attached hydrogen (secondary N) is 1. The van der Waals surface area contributed by atoms with Gasteiger partial charge >= 0.3 is 0 Å². The Morgan fingerprint density at radius 2 is 2.17 bits per heavy atom. The largest absolute Gasteiger partial charge is 0.384 e.